The number of carbonyl (C=O) groups is 1. The molecule has 46 heavy (non-hydrogen) atoms. The number of halogens is 3. The Hall–Kier alpha value is -5.06. The van der Waals surface area contributed by atoms with Gasteiger partial charge in [-0.25, -0.2) is 13.9 Å². The van der Waals surface area contributed by atoms with E-state index in [0.717, 1.165) is 25.7 Å². The molecule has 6 rings (SSSR count). The summed E-state index contributed by atoms with van der Waals surface area (Å²) in [5.74, 6) is -0.433. The van der Waals surface area contributed by atoms with Gasteiger partial charge in [0, 0.05) is 31.6 Å². The number of alkyl halides is 3. The number of tetrazole rings is 1. The van der Waals surface area contributed by atoms with Crippen molar-refractivity contribution >= 4 is 17.2 Å². The molecular weight excluding hydrogens is 607 g/mol. The molecule has 4 heterocycles. The van der Waals surface area contributed by atoms with E-state index < -0.39 is 18.9 Å². The van der Waals surface area contributed by atoms with Crippen LogP contribution in [0.5, 0.6) is 11.5 Å². The van der Waals surface area contributed by atoms with Crippen LogP contribution in [0.2, 0.25) is 0 Å². The van der Waals surface area contributed by atoms with Crippen LogP contribution in [0, 0.1) is 0 Å². The number of anilines is 1. The van der Waals surface area contributed by atoms with Crippen LogP contribution >= 0.6 is 0 Å². The summed E-state index contributed by atoms with van der Waals surface area (Å²) in [6.45, 7) is -1.93. The highest BCUT2D eigenvalue weighted by atomic mass is 19.3. The van der Waals surface area contributed by atoms with Gasteiger partial charge >= 0.3 is 6.61 Å². The first-order valence-corrected chi connectivity index (χ1v) is 14.7. The zero-order valence-electron chi connectivity index (χ0n) is 25.3. The monoisotopic (exact) mass is 639 g/mol. The van der Waals surface area contributed by atoms with Crippen LogP contribution in [0.3, 0.4) is 0 Å². The molecule has 4 aromatic heterocycles. The van der Waals surface area contributed by atoms with Gasteiger partial charge < -0.3 is 19.7 Å². The number of ether oxygens (including phenoxy) is 2. The molecule has 1 fully saturated rings. The fourth-order valence-corrected chi connectivity index (χ4v) is 5.55. The maximum atomic E-state index is 13.7. The molecule has 1 aromatic carbocycles. The van der Waals surface area contributed by atoms with Gasteiger partial charge in [-0.05, 0) is 69.3 Å². The highest BCUT2D eigenvalue weighted by Gasteiger charge is 2.26. The summed E-state index contributed by atoms with van der Waals surface area (Å²) in [4.78, 5) is 21.5. The van der Waals surface area contributed by atoms with Crippen molar-refractivity contribution < 1.29 is 27.4 Å². The first kappa shape index (κ1) is 30.9. The Morgan fingerprint density at radius 3 is 2.67 bits per heavy atom. The van der Waals surface area contributed by atoms with Gasteiger partial charge in [0.1, 0.15) is 29.3 Å². The normalized spacial score (nSPS) is 17.5. The molecule has 0 radical (unpaired) electrons. The van der Waals surface area contributed by atoms with Crippen LogP contribution in [0.15, 0.2) is 49.1 Å². The summed E-state index contributed by atoms with van der Waals surface area (Å²) in [5.41, 5.74) is 0.697. The molecule has 0 aliphatic heterocycles. The predicted octanol–water partition coefficient (Wildman–Crippen LogP) is 4.22. The van der Waals surface area contributed by atoms with E-state index in [4.69, 9.17) is 9.47 Å². The van der Waals surface area contributed by atoms with Crippen LogP contribution in [-0.4, -0.2) is 88.5 Å². The fourth-order valence-electron chi connectivity index (χ4n) is 5.55. The van der Waals surface area contributed by atoms with Crippen molar-refractivity contribution in [3.05, 3.63) is 60.4 Å². The Kier molecular flexibility index (Phi) is 8.83. The molecule has 14 nitrogen and oxygen atoms in total. The molecule has 5 aromatic rings. The van der Waals surface area contributed by atoms with E-state index in [2.05, 4.69) is 54.9 Å². The molecule has 1 atom stereocenters. The van der Waals surface area contributed by atoms with E-state index in [9.17, 15) is 18.0 Å². The van der Waals surface area contributed by atoms with E-state index in [1.54, 1.807) is 17.1 Å². The van der Waals surface area contributed by atoms with Crippen molar-refractivity contribution in [2.75, 3.05) is 19.4 Å². The van der Waals surface area contributed by atoms with Gasteiger partial charge in [0.15, 0.2) is 11.5 Å². The maximum absolute atomic E-state index is 13.7. The topological polar surface area (TPSA) is 142 Å². The molecular formula is C29H32F3N11O3. The lowest BCUT2D eigenvalue weighted by atomic mass is 9.91. The molecule has 1 N–H and O–H groups in total. The summed E-state index contributed by atoms with van der Waals surface area (Å²) in [5, 5.41) is 24.6. The van der Waals surface area contributed by atoms with Crippen molar-refractivity contribution in [3.8, 4) is 22.8 Å². The molecule has 1 aliphatic carbocycles. The Balaban J connectivity index is 1.33. The number of amides is 1. The predicted molar refractivity (Wildman–Crippen MR) is 158 cm³/mol. The van der Waals surface area contributed by atoms with Gasteiger partial charge in [-0.2, -0.15) is 23.8 Å². The molecule has 1 amide bonds. The molecule has 242 valence electrons. The number of nitrogens with zero attached hydrogens (tertiary/aromatic N) is 10. The Morgan fingerprint density at radius 1 is 1.13 bits per heavy atom. The molecule has 1 aliphatic rings. The van der Waals surface area contributed by atoms with E-state index in [1.807, 2.05) is 0 Å². The van der Waals surface area contributed by atoms with Crippen molar-refractivity contribution in [3.63, 3.8) is 0 Å². The average molecular weight is 640 g/mol. The number of nitrogens with one attached hydrogen (secondary N) is 1. The van der Waals surface area contributed by atoms with Crippen LogP contribution in [0.25, 0.3) is 16.9 Å². The van der Waals surface area contributed by atoms with Crippen LogP contribution in [0.1, 0.15) is 54.8 Å². The lowest BCUT2D eigenvalue weighted by Gasteiger charge is -2.31. The number of carbonyl (C=O) groups excluding carboxylic acids is 1. The summed E-state index contributed by atoms with van der Waals surface area (Å²) >= 11 is 0. The minimum Gasteiger partial charge on any atom is -0.461 e. The third kappa shape index (κ3) is 6.78. The van der Waals surface area contributed by atoms with E-state index in [1.165, 1.54) is 52.9 Å². The zero-order valence-corrected chi connectivity index (χ0v) is 25.3. The molecule has 1 unspecified atom stereocenters. The van der Waals surface area contributed by atoms with Gasteiger partial charge in [-0.3, -0.25) is 9.48 Å². The number of benzene rings is 1. The number of hydrogen-bond donors (Lipinski definition) is 1. The standard InChI is InChI=1S/C29H32F3N11O3/c1-17(30)45-20-9-10-24(46-29(31)32)21(13-20)26-23(35-28(44)22-14-34-42-12-4-11-33-27(22)42)15-41(38-26)16-25-36-39-43(37-25)19-7-5-18(6-8-19)40(2)3/h4,9-15,17-19,29H,5-8,16H2,1-3H3,(H,35,44). The van der Waals surface area contributed by atoms with Gasteiger partial charge in [-0.1, -0.05) is 0 Å². The summed E-state index contributed by atoms with van der Waals surface area (Å²) in [6, 6.07) is 6.13. The Labute approximate surface area is 261 Å². The summed E-state index contributed by atoms with van der Waals surface area (Å²) in [6.07, 6.45) is 8.24. The van der Waals surface area contributed by atoms with E-state index in [0.29, 0.717) is 17.5 Å². The van der Waals surface area contributed by atoms with Crippen molar-refractivity contribution in [1.82, 2.24) is 49.5 Å². The highest BCUT2D eigenvalue weighted by molar-refractivity contribution is 6.09. The molecule has 0 saturated heterocycles. The number of aromatic nitrogens is 9. The van der Waals surface area contributed by atoms with Gasteiger partial charge in [0.05, 0.1) is 23.5 Å². The van der Waals surface area contributed by atoms with Gasteiger partial charge in [0.25, 0.3) is 5.91 Å². The minimum absolute atomic E-state index is 0.0276. The van der Waals surface area contributed by atoms with Crippen molar-refractivity contribution in [2.45, 2.75) is 64.2 Å². The maximum Gasteiger partial charge on any atom is 0.387 e. The average Bonchev–Trinajstić information content (AvgIpc) is 3.76. The first-order chi connectivity index (χ1) is 22.1. The quantitative estimate of drug-likeness (QED) is 0.223. The van der Waals surface area contributed by atoms with E-state index >= 15 is 0 Å². The van der Waals surface area contributed by atoms with Crippen LogP contribution < -0.4 is 14.8 Å². The molecule has 17 heteroatoms. The smallest absolute Gasteiger partial charge is 0.387 e. The Bertz CT molecular complexity index is 1810. The SMILES string of the molecule is CC(F)Oc1ccc(OC(F)F)c(-c2nn(Cc3nnn(C4CCC(N(C)C)CC4)n3)cc2NC(=O)c2cnn3cccnc23)c1. The second-order valence-corrected chi connectivity index (χ2v) is 11.1. The van der Waals surface area contributed by atoms with Crippen molar-refractivity contribution in [1.29, 1.82) is 0 Å². The summed E-state index contributed by atoms with van der Waals surface area (Å²) < 4.78 is 53.4. The minimum atomic E-state index is -3.16. The lowest BCUT2D eigenvalue weighted by Crippen LogP contribution is -2.33. The second-order valence-electron chi connectivity index (χ2n) is 11.1. The van der Waals surface area contributed by atoms with Crippen LogP contribution in [-0.2, 0) is 6.54 Å². The largest absolute Gasteiger partial charge is 0.461 e. The van der Waals surface area contributed by atoms with Gasteiger partial charge in [0.2, 0.25) is 6.36 Å². The molecule has 0 spiro atoms. The number of hydrogen-bond acceptors (Lipinski definition) is 10. The lowest BCUT2D eigenvalue weighted by molar-refractivity contribution is -0.0495. The zero-order chi connectivity index (χ0) is 32.4. The van der Waals surface area contributed by atoms with E-state index in [-0.39, 0.29) is 46.6 Å². The van der Waals surface area contributed by atoms with Gasteiger partial charge in [-0.15, -0.1) is 10.2 Å². The number of fused-ring (bicyclic) bond motifs is 1. The third-order valence-electron chi connectivity index (χ3n) is 7.75. The Morgan fingerprint density at radius 2 is 1.93 bits per heavy atom. The third-order valence-corrected chi connectivity index (χ3v) is 7.75. The molecule has 0 bridgehead atoms. The van der Waals surface area contributed by atoms with Crippen molar-refractivity contribution in [2.24, 2.45) is 0 Å². The van der Waals surface area contributed by atoms with Crippen LogP contribution in [0.4, 0.5) is 18.9 Å². The summed E-state index contributed by atoms with van der Waals surface area (Å²) in [7, 11) is 4.15. The second kappa shape index (κ2) is 13.1. The molecule has 1 saturated carbocycles. The highest BCUT2D eigenvalue weighted by Crippen LogP contribution is 2.38. The first-order valence-electron chi connectivity index (χ1n) is 14.7. The fraction of sp³-hybridized carbons (Fsp3) is 0.414. The number of rotatable bonds is 11.